The lowest BCUT2D eigenvalue weighted by Gasteiger charge is -2.06. The van der Waals surface area contributed by atoms with E-state index in [1.165, 1.54) is 6.08 Å². The molecule has 114 valence electrons. The monoisotopic (exact) mass is 304 g/mol. The molecule has 0 bridgehead atoms. The van der Waals surface area contributed by atoms with Crippen LogP contribution in [-0.2, 0) is 4.79 Å². The van der Waals surface area contributed by atoms with Crippen molar-refractivity contribution in [3.05, 3.63) is 72.4 Å². The fraction of sp³-hybridized carbons (Fsp3) is 0.0526. The average Bonchev–Trinajstić information content (AvgIpc) is 2.60. The van der Waals surface area contributed by atoms with E-state index in [1.807, 2.05) is 54.6 Å². The molecular formula is C19H16N2O2. The first-order valence-corrected chi connectivity index (χ1v) is 7.23. The van der Waals surface area contributed by atoms with Gasteiger partial charge in [0.25, 0.3) is 0 Å². The number of fused-ring (bicyclic) bond motifs is 1. The number of rotatable bonds is 4. The number of benzene rings is 2. The highest BCUT2D eigenvalue weighted by molar-refractivity contribution is 6.06. The first-order valence-electron chi connectivity index (χ1n) is 7.23. The lowest BCUT2D eigenvalue weighted by molar-refractivity contribution is -0.111. The number of carbonyl (C=O) groups is 1. The number of anilines is 1. The highest BCUT2D eigenvalue weighted by atomic mass is 16.5. The molecule has 0 fully saturated rings. The van der Waals surface area contributed by atoms with Crippen molar-refractivity contribution in [2.24, 2.45) is 0 Å². The largest absolute Gasteiger partial charge is 0.497 e. The van der Waals surface area contributed by atoms with E-state index in [9.17, 15) is 4.79 Å². The normalized spacial score (nSPS) is 10.8. The Bertz CT molecular complexity index is 867. The zero-order chi connectivity index (χ0) is 16.1. The van der Waals surface area contributed by atoms with Crippen molar-refractivity contribution in [1.82, 2.24) is 4.98 Å². The van der Waals surface area contributed by atoms with Gasteiger partial charge in [0.15, 0.2) is 0 Å². The molecule has 0 radical (unpaired) electrons. The van der Waals surface area contributed by atoms with Gasteiger partial charge in [0.05, 0.1) is 18.3 Å². The summed E-state index contributed by atoms with van der Waals surface area (Å²) < 4.78 is 5.16. The van der Waals surface area contributed by atoms with Crippen molar-refractivity contribution in [3.8, 4) is 5.75 Å². The molecule has 0 spiro atoms. The molecule has 1 amide bonds. The minimum absolute atomic E-state index is 0.191. The molecule has 1 aromatic heterocycles. The third-order valence-electron chi connectivity index (χ3n) is 3.42. The van der Waals surface area contributed by atoms with Crippen LogP contribution in [0.4, 0.5) is 5.69 Å². The van der Waals surface area contributed by atoms with Gasteiger partial charge >= 0.3 is 0 Å². The van der Waals surface area contributed by atoms with Crippen molar-refractivity contribution in [3.63, 3.8) is 0 Å². The highest BCUT2D eigenvalue weighted by Crippen LogP contribution is 2.21. The molecule has 0 saturated carbocycles. The second kappa shape index (κ2) is 6.75. The smallest absolute Gasteiger partial charge is 0.248 e. The van der Waals surface area contributed by atoms with Crippen LogP contribution in [-0.4, -0.2) is 18.0 Å². The summed E-state index contributed by atoms with van der Waals surface area (Å²) in [6, 6.07) is 17.0. The van der Waals surface area contributed by atoms with Gasteiger partial charge in [0.2, 0.25) is 5.91 Å². The molecule has 1 heterocycles. The maximum atomic E-state index is 12.1. The SMILES string of the molecule is COc1cccc(/C=C/C(=O)Nc2cccc3ncccc23)c1. The van der Waals surface area contributed by atoms with Crippen LogP contribution < -0.4 is 10.1 Å². The summed E-state index contributed by atoms with van der Waals surface area (Å²) in [5.41, 5.74) is 2.50. The molecule has 0 aliphatic rings. The van der Waals surface area contributed by atoms with Crippen LogP contribution >= 0.6 is 0 Å². The van der Waals surface area contributed by atoms with Crippen LogP contribution in [0.5, 0.6) is 5.75 Å². The average molecular weight is 304 g/mol. The van der Waals surface area contributed by atoms with Gasteiger partial charge in [-0.15, -0.1) is 0 Å². The summed E-state index contributed by atoms with van der Waals surface area (Å²) in [7, 11) is 1.62. The third kappa shape index (κ3) is 3.55. The van der Waals surface area contributed by atoms with Crippen molar-refractivity contribution < 1.29 is 9.53 Å². The zero-order valence-corrected chi connectivity index (χ0v) is 12.7. The summed E-state index contributed by atoms with van der Waals surface area (Å²) in [5, 5.41) is 3.80. The third-order valence-corrected chi connectivity index (χ3v) is 3.42. The lowest BCUT2D eigenvalue weighted by Crippen LogP contribution is -2.08. The standard InChI is InChI=1S/C19H16N2O2/c1-23-15-6-2-5-14(13-15)10-11-19(22)21-18-9-3-8-17-16(18)7-4-12-20-17/h2-13H,1H3,(H,21,22)/b11-10+. The predicted molar refractivity (Wildman–Crippen MR) is 92.4 cm³/mol. The lowest BCUT2D eigenvalue weighted by atomic mass is 10.1. The number of methoxy groups -OCH3 is 1. The number of amides is 1. The zero-order valence-electron chi connectivity index (χ0n) is 12.7. The summed E-state index contributed by atoms with van der Waals surface area (Å²) in [4.78, 5) is 16.4. The Morgan fingerprint density at radius 3 is 2.87 bits per heavy atom. The van der Waals surface area contributed by atoms with Crippen LogP contribution in [0.25, 0.3) is 17.0 Å². The molecule has 0 saturated heterocycles. The first kappa shape index (κ1) is 14.8. The minimum atomic E-state index is -0.191. The summed E-state index contributed by atoms with van der Waals surface area (Å²) in [6.07, 6.45) is 4.99. The number of nitrogens with zero attached hydrogens (tertiary/aromatic N) is 1. The van der Waals surface area contributed by atoms with Crippen LogP contribution in [0.3, 0.4) is 0 Å². The van der Waals surface area contributed by atoms with E-state index < -0.39 is 0 Å². The molecule has 2 aromatic carbocycles. The fourth-order valence-electron chi connectivity index (χ4n) is 2.30. The van der Waals surface area contributed by atoms with Gasteiger partial charge in [-0.05, 0) is 48.0 Å². The minimum Gasteiger partial charge on any atom is -0.497 e. The van der Waals surface area contributed by atoms with Crippen molar-refractivity contribution >= 4 is 28.6 Å². The van der Waals surface area contributed by atoms with Gasteiger partial charge in [-0.1, -0.05) is 18.2 Å². The quantitative estimate of drug-likeness (QED) is 0.744. The van der Waals surface area contributed by atoms with Crippen molar-refractivity contribution in [2.75, 3.05) is 12.4 Å². The Morgan fingerprint density at radius 2 is 2.00 bits per heavy atom. The summed E-state index contributed by atoms with van der Waals surface area (Å²) >= 11 is 0. The number of hydrogen-bond donors (Lipinski definition) is 1. The van der Waals surface area contributed by atoms with Crippen LogP contribution in [0.2, 0.25) is 0 Å². The van der Waals surface area contributed by atoms with E-state index in [4.69, 9.17) is 4.74 Å². The highest BCUT2D eigenvalue weighted by Gasteiger charge is 2.03. The maximum absolute atomic E-state index is 12.1. The van der Waals surface area contributed by atoms with E-state index in [0.717, 1.165) is 27.9 Å². The van der Waals surface area contributed by atoms with Crippen LogP contribution in [0.15, 0.2) is 66.9 Å². The molecule has 0 unspecified atom stereocenters. The second-order valence-electron chi connectivity index (χ2n) is 4.97. The van der Waals surface area contributed by atoms with E-state index >= 15 is 0 Å². The Hall–Kier alpha value is -3.14. The van der Waals surface area contributed by atoms with Crippen molar-refractivity contribution in [1.29, 1.82) is 0 Å². The van der Waals surface area contributed by atoms with Gasteiger partial charge in [-0.25, -0.2) is 0 Å². The van der Waals surface area contributed by atoms with Gasteiger partial charge < -0.3 is 10.1 Å². The van der Waals surface area contributed by atoms with Gasteiger partial charge in [0, 0.05) is 17.7 Å². The molecule has 0 atom stereocenters. The van der Waals surface area contributed by atoms with Crippen LogP contribution in [0, 0.1) is 0 Å². The van der Waals surface area contributed by atoms with E-state index in [2.05, 4.69) is 10.3 Å². The number of pyridine rings is 1. The molecule has 1 N–H and O–H groups in total. The molecule has 4 heteroatoms. The number of hydrogen-bond acceptors (Lipinski definition) is 3. The number of carbonyl (C=O) groups excluding carboxylic acids is 1. The summed E-state index contributed by atoms with van der Waals surface area (Å²) in [6.45, 7) is 0. The first-order chi connectivity index (χ1) is 11.3. The maximum Gasteiger partial charge on any atom is 0.248 e. The van der Waals surface area contributed by atoms with Gasteiger partial charge in [0.1, 0.15) is 5.75 Å². The van der Waals surface area contributed by atoms with Crippen molar-refractivity contribution in [2.45, 2.75) is 0 Å². The topological polar surface area (TPSA) is 51.2 Å². The fourth-order valence-corrected chi connectivity index (χ4v) is 2.30. The summed E-state index contributed by atoms with van der Waals surface area (Å²) in [5.74, 6) is 0.567. The Morgan fingerprint density at radius 1 is 1.13 bits per heavy atom. The van der Waals surface area contributed by atoms with Gasteiger partial charge in [-0.2, -0.15) is 0 Å². The Labute approximate surface area is 134 Å². The Kier molecular flexibility index (Phi) is 4.34. The van der Waals surface area contributed by atoms with E-state index in [1.54, 1.807) is 19.4 Å². The number of ether oxygens (including phenoxy) is 1. The predicted octanol–water partition coefficient (Wildman–Crippen LogP) is 3.90. The van der Waals surface area contributed by atoms with E-state index in [-0.39, 0.29) is 5.91 Å². The molecule has 4 nitrogen and oxygen atoms in total. The van der Waals surface area contributed by atoms with E-state index in [0.29, 0.717) is 0 Å². The molecule has 0 aliphatic carbocycles. The molecular weight excluding hydrogens is 288 g/mol. The number of aromatic nitrogens is 1. The Balaban J connectivity index is 1.77. The molecule has 0 aliphatic heterocycles. The van der Waals surface area contributed by atoms with Gasteiger partial charge in [-0.3, -0.25) is 9.78 Å². The molecule has 3 aromatic rings. The second-order valence-corrected chi connectivity index (χ2v) is 4.97. The number of nitrogens with one attached hydrogen (secondary N) is 1. The van der Waals surface area contributed by atoms with Crippen LogP contribution in [0.1, 0.15) is 5.56 Å². The molecule has 23 heavy (non-hydrogen) atoms. The molecule has 3 rings (SSSR count).